The molecule has 2 aromatic heterocycles. The molecule has 0 spiro atoms. The number of hydrogen-bond acceptors (Lipinski definition) is 6. The van der Waals surface area contributed by atoms with Crippen molar-refractivity contribution < 1.29 is 0 Å². The molecule has 1 saturated carbocycles. The van der Waals surface area contributed by atoms with Crippen LogP contribution in [-0.4, -0.2) is 28.5 Å². The predicted octanol–water partition coefficient (Wildman–Crippen LogP) is 3.07. The molecule has 2 aromatic rings. The topological polar surface area (TPSA) is 62.7 Å². The number of anilines is 2. The van der Waals surface area contributed by atoms with Crippen molar-refractivity contribution >= 4 is 23.0 Å². The van der Waals surface area contributed by atoms with Gasteiger partial charge in [0.15, 0.2) is 0 Å². The molecule has 106 valence electrons. The van der Waals surface area contributed by atoms with Gasteiger partial charge in [-0.3, -0.25) is 0 Å². The van der Waals surface area contributed by atoms with Crippen molar-refractivity contribution in [1.82, 2.24) is 15.0 Å². The quantitative estimate of drug-likeness (QED) is 0.855. The average Bonchev–Trinajstić information content (AvgIpc) is 3.19. The van der Waals surface area contributed by atoms with E-state index in [0.717, 1.165) is 29.0 Å². The highest BCUT2D eigenvalue weighted by Gasteiger charge is 2.27. The average molecular weight is 289 g/mol. The zero-order chi connectivity index (χ0) is 13.9. The Labute approximate surface area is 122 Å². The van der Waals surface area contributed by atoms with Crippen LogP contribution in [0.25, 0.3) is 0 Å². The van der Waals surface area contributed by atoms with Gasteiger partial charge in [-0.25, -0.2) is 15.0 Å². The van der Waals surface area contributed by atoms with Crippen molar-refractivity contribution in [2.24, 2.45) is 0 Å². The van der Waals surface area contributed by atoms with Gasteiger partial charge in [0, 0.05) is 43.1 Å². The summed E-state index contributed by atoms with van der Waals surface area (Å²) in [6, 6.07) is 1.96. The molecule has 0 amide bonds. The van der Waals surface area contributed by atoms with Gasteiger partial charge in [0.2, 0.25) is 0 Å². The maximum atomic E-state index is 4.62. The van der Waals surface area contributed by atoms with Crippen molar-refractivity contribution in [2.45, 2.75) is 31.6 Å². The lowest BCUT2D eigenvalue weighted by atomic mass is 10.2. The largest absolute Gasteiger partial charge is 0.373 e. The van der Waals surface area contributed by atoms with E-state index in [1.165, 1.54) is 12.8 Å². The molecule has 1 fully saturated rings. The van der Waals surface area contributed by atoms with E-state index in [0.29, 0.717) is 11.8 Å². The number of thiazole rings is 1. The Hall–Kier alpha value is -1.69. The van der Waals surface area contributed by atoms with Gasteiger partial charge in [-0.05, 0) is 12.8 Å². The summed E-state index contributed by atoms with van der Waals surface area (Å²) in [4.78, 5) is 13.5. The number of nitrogens with zero attached hydrogens (tertiary/aromatic N) is 3. The monoisotopic (exact) mass is 289 g/mol. The summed E-state index contributed by atoms with van der Waals surface area (Å²) >= 11 is 1.70. The summed E-state index contributed by atoms with van der Waals surface area (Å²) in [5.74, 6) is 3.68. The molecule has 0 saturated heterocycles. The van der Waals surface area contributed by atoms with Gasteiger partial charge < -0.3 is 10.6 Å². The Morgan fingerprint density at radius 2 is 2.15 bits per heavy atom. The molecule has 2 heterocycles. The molecule has 0 aliphatic heterocycles. The zero-order valence-electron chi connectivity index (χ0n) is 11.8. The fourth-order valence-electron chi connectivity index (χ4n) is 2.03. The minimum absolute atomic E-state index is 0.382. The van der Waals surface area contributed by atoms with E-state index in [-0.39, 0.29) is 0 Å². The molecular formula is C14H19N5S. The lowest BCUT2D eigenvalue weighted by Gasteiger charge is -2.12. The number of hydrogen-bond donors (Lipinski definition) is 2. The van der Waals surface area contributed by atoms with Crippen LogP contribution in [0.4, 0.5) is 11.6 Å². The lowest BCUT2D eigenvalue weighted by molar-refractivity contribution is 0.788. The highest BCUT2D eigenvalue weighted by molar-refractivity contribution is 7.09. The van der Waals surface area contributed by atoms with Crippen LogP contribution in [0.15, 0.2) is 17.6 Å². The molecule has 1 atom stereocenters. The summed E-state index contributed by atoms with van der Waals surface area (Å²) in [7, 11) is 1.89. The van der Waals surface area contributed by atoms with Gasteiger partial charge in [0.05, 0.1) is 5.01 Å². The van der Waals surface area contributed by atoms with E-state index >= 15 is 0 Å². The number of aromatic nitrogens is 3. The van der Waals surface area contributed by atoms with E-state index in [1.807, 2.05) is 24.7 Å². The maximum absolute atomic E-state index is 4.62. The Kier molecular flexibility index (Phi) is 3.82. The molecule has 20 heavy (non-hydrogen) atoms. The second-order valence-electron chi connectivity index (χ2n) is 5.17. The van der Waals surface area contributed by atoms with Gasteiger partial charge in [-0.2, -0.15) is 0 Å². The Bertz CT molecular complexity index is 565. The number of nitrogens with one attached hydrogen (secondary N) is 2. The second-order valence-corrected chi connectivity index (χ2v) is 6.10. The zero-order valence-corrected chi connectivity index (χ0v) is 12.6. The van der Waals surface area contributed by atoms with Crippen molar-refractivity contribution in [2.75, 3.05) is 24.2 Å². The summed E-state index contributed by atoms with van der Waals surface area (Å²) in [5, 5.41) is 9.68. The lowest BCUT2D eigenvalue weighted by Crippen LogP contribution is -2.12. The highest BCUT2D eigenvalue weighted by Crippen LogP contribution is 2.38. The molecule has 1 aliphatic rings. The summed E-state index contributed by atoms with van der Waals surface area (Å²) in [5.41, 5.74) is 0. The molecule has 1 unspecified atom stereocenters. The molecule has 6 heteroatoms. The van der Waals surface area contributed by atoms with Gasteiger partial charge in [0.1, 0.15) is 17.5 Å². The third-order valence-electron chi connectivity index (χ3n) is 3.40. The first-order chi connectivity index (χ1) is 9.76. The first kappa shape index (κ1) is 13.3. The summed E-state index contributed by atoms with van der Waals surface area (Å²) in [6.07, 6.45) is 4.27. The van der Waals surface area contributed by atoms with Gasteiger partial charge >= 0.3 is 0 Å². The van der Waals surface area contributed by atoms with Crippen molar-refractivity contribution in [1.29, 1.82) is 0 Å². The molecule has 0 bridgehead atoms. The normalized spacial score (nSPS) is 15.9. The van der Waals surface area contributed by atoms with E-state index in [2.05, 4.69) is 32.5 Å². The van der Waals surface area contributed by atoms with Crippen molar-refractivity contribution in [3.8, 4) is 0 Å². The van der Waals surface area contributed by atoms with Crippen LogP contribution in [0.1, 0.15) is 42.4 Å². The van der Waals surface area contributed by atoms with Crippen LogP contribution in [0, 0.1) is 0 Å². The van der Waals surface area contributed by atoms with Gasteiger partial charge in [0.25, 0.3) is 0 Å². The van der Waals surface area contributed by atoms with Crippen LogP contribution >= 0.6 is 11.3 Å². The third kappa shape index (κ3) is 3.07. The van der Waals surface area contributed by atoms with Crippen LogP contribution in [0.2, 0.25) is 0 Å². The van der Waals surface area contributed by atoms with E-state index in [1.54, 1.807) is 11.3 Å². The Morgan fingerprint density at radius 3 is 2.80 bits per heavy atom. The first-order valence-corrected chi connectivity index (χ1v) is 7.84. The second kappa shape index (κ2) is 5.75. The highest BCUT2D eigenvalue weighted by atomic mass is 32.1. The first-order valence-electron chi connectivity index (χ1n) is 6.96. The molecule has 0 radical (unpaired) electrons. The molecule has 1 aliphatic carbocycles. The maximum Gasteiger partial charge on any atom is 0.136 e. The molecule has 2 N–H and O–H groups in total. The van der Waals surface area contributed by atoms with Crippen molar-refractivity contribution in [3.05, 3.63) is 28.5 Å². The Balaban J connectivity index is 1.68. The third-order valence-corrected chi connectivity index (χ3v) is 4.41. The van der Waals surface area contributed by atoms with Gasteiger partial charge in [-0.15, -0.1) is 11.3 Å². The van der Waals surface area contributed by atoms with Crippen LogP contribution in [-0.2, 0) is 0 Å². The van der Waals surface area contributed by atoms with E-state index in [9.17, 15) is 0 Å². The Morgan fingerprint density at radius 1 is 1.35 bits per heavy atom. The van der Waals surface area contributed by atoms with E-state index in [4.69, 9.17) is 0 Å². The van der Waals surface area contributed by atoms with Crippen molar-refractivity contribution in [3.63, 3.8) is 0 Å². The SMILES string of the molecule is CNc1cc(NCC(C)c2nccs2)nc(C2CC2)n1. The van der Waals surface area contributed by atoms with Crippen LogP contribution in [0.3, 0.4) is 0 Å². The molecule has 3 rings (SSSR count). The van der Waals surface area contributed by atoms with Crippen LogP contribution < -0.4 is 10.6 Å². The molecule has 5 nitrogen and oxygen atoms in total. The fourth-order valence-corrected chi connectivity index (χ4v) is 2.73. The minimum Gasteiger partial charge on any atom is -0.373 e. The summed E-state index contributed by atoms with van der Waals surface area (Å²) in [6.45, 7) is 3.01. The smallest absolute Gasteiger partial charge is 0.136 e. The minimum atomic E-state index is 0.382. The standard InChI is InChI=1S/C14H19N5S/c1-9(14-16-5-6-20-14)8-17-12-7-11(15-2)18-13(19-12)10-3-4-10/h5-7,9-10H,3-4,8H2,1-2H3,(H2,15,17,18,19). The fraction of sp³-hybridized carbons (Fsp3) is 0.500. The van der Waals surface area contributed by atoms with Gasteiger partial charge in [-0.1, -0.05) is 6.92 Å². The number of rotatable bonds is 6. The molecule has 0 aromatic carbocycles. The van der Waals surface area contributed by atoms with E-state index < -0.39 is 0 Å². The predicted molar refractivity (Wildman–Crippen MR) is 82.6 cm³/mol. The molecular weight excluding hydrogens is 270 g/mol. The summed E-state index contributed by atoms with van der Waals surface area (Å²) < 4.78 is 0. The van der Waals surface area contributed by atoms with Crippen LogP contribution in [0.5, 0.6) is 0 Å².